The van der Waals surface area contributed by atoms with E-state index >= 15 is 0 Å². The smallest absolute Gasteiger partial charge is 0.234 e. The predicted molar refractivity (Wildman–Crippen MR) is 68.7 cm³/mol. The van der Waals surface area contributed by atoms with Crippen molar-refractivity contribution in [1.82, 2.24) is 10.6 Å². The lowest BCUT2D eigenvalue weighted by Gasteiger charge is -2.17. The standard InChI is InChI=1S/C14H16N2O2/c1-2-7-15-9-13(18)16-14-11-6-4-3-5-10(11)8-12(14)17/h1,3-6,12,14-15,17H,7-9H2,(H,16,18)/t12-,14+/m1/s1. The Hall–Kier alpha value is -1.83. The van der Waals surface area contributed by atoms with Crippen molar-refractivity contribution in [2.45, 2.75) is 18.6 Å². The SMILES string of the molecule is C#CCNCC(=O)N[C@H]1c2ccccc2C[C@H]1O. The maximum absolute atomic E-state index is 11.7. The number of nitrogens with one attached hydrogen (secondary N) is 2. The molecule has 0 unspecified atom stereocenters. The fourth-order valence-electron chi connectivity index (χ4n) is 2.22. The van der Waals surface area contributed by atoms with E-state index in [9.17, 15) is 9.90 Å². The summed E-state index contributed by atoms with van der Waals surface area (Å²) >= 11 is 0. The van der Waals surface area contributed by atoms with Gasteiger partial charge in [0.05, 0.1) is 25.2 Å². The molecule has 1 aliphatic carbocycles. The van der Waals surface area contributed by atoms with E-state index in [2.05, 4.69) is 16.6 Å². The van der Waals surface area contributed by atoms with Gasteiger partial charge in [0.25, 0.3) is 0 Å². The highest BCUT2D eigenvalue weighted by Crippen LogP contribution is 2.30. The first-order valence-electron chi connectivity index (χ1n) is 5.92. The van der Waals surface area contributed by atoms with Crippen molar-refractivity contribution in [3.05, 3.63) is 35.4 Å². The summed E-state index contributed by atoms with van der Waals surface area (Å²) in [5.74, 6) is 2.24. The Morgan fingerprint density at radius 2 is 2.28 bits per heavy atom. The van der Waals surface area contributed by atoms with Gasteiger partial charge in [-0.1, -0.05) is 30.2 Å². The Kier molecular flexibility index (Phi) is 3.98. The van der Waals surface area contributed by atoms with Crippen LogP contribution in [-0.2, 0) is 11.2 Å². The van der Waals surface area contributed by atoms with Crippen LogP contribution in [-0.4, -0.2) is 30.2 Å². The number of terminal acetylenes is 1. The topological polar surface area (TPSA) is 61.4 Å². The molecule has 0 aromatic heterocycles. The molecule has 0 bridgehead atoms. The average molecular weight is 244 g/mol. The summed E-state index contributed by atoms with van der Waals surface area (Å²) in [5.41, 5.74) is 2.09. The molecule has 2 atom stereocenters. The van der Waals surface area contributed by atoms with E-state index in [-0.39, 0.29) is 18.5 Å². The van der Waals surface area contributed by atoms with E-state index in [0.29, 0.717) is 13.0 Å². The van der Waals surface area contributed by atoms with Gasteiger partial charge in [-0.2, -0.15) is 0 Å². The molecule has 4 heteroatoms. The molecule has 1 aromatic rings. The highest BCUT2D eigenvalue weighted by Gasteiger charge is 2.31. The van der Waals surface area contributed by atoms with Crippen molar-refractivity contribution in [3.63, 3.8) is 0 Å². The maximum atomic E-state index is 11.7. The molecular weight excluding hydrogens is 228 g/mol. The lowest BCUT2D eigenvalue weighted by atomic mass is 10.1. The van der Waals surface area contributed by atoms with Crippen LogP contribution >= 0.6 is 0 Å². The van der Waals surface area contributed by atoms with Gasteiger partial charge in [0.15, 0.2) is 0 Å². The molecule has 18 heavy (non-hydrogen) atoms. The number of aliphatic hydroxyl groups excluding tert-OH is 1. The normalized spacial score (nSPS) is 21.1. The Morgan fingerprint density at radius 3 is 3.06 bits per heavy atom. The van der Waals surface area contributed by atoms with Gasteiger partial charge >= 0.3 is 0 Å². The molecule has 4 nitrogen and oxygen atoms in total. The predicted octanol–water partition coefficient (Wildman–Crippen LogP) is -0.0163. The van der Waals surface area contributed by atoms with Crippen molar-refractivity contribution in [3.8, 4) is 12.3 Å². The molecule has 1 aliphatic rings. The van der Waals surface area contributed by atoms with E-state index in [1.54, 1.807) is 0 Å². The lowest BCUT2D eigenvalue weighted by Crippen LogP contribution is -2.39. The van der Waals surface area contributed by atoms with Gasteiger partial charge in [0, 0.05) is 6.42 Å². The van der Waals surface area contributed by atoms with E-state index in [1.807, 2.05) is 24.3 Å². The number of aliphatic hydroxyl groups is 1. The van der Waals surface area contributed by atoms with Gasteiger partial charge in [-0.25, -0.2) is 0 Å². The molecule has 0 fully saturated rings. The summed E-state index contributed by atoms with van der Waals surface area (Å²) < 4.78 is 0. The van der Waals surface area contributed by atoms with Crippen LogP contribution in [0.3, 0.4) is 0 Å². The van der Waals surface area contributed by atoms with Gasteiger partial charge in [0.2, 0.25) is 5.91 Å². The van der Waals surface area contributed by atoms with Crippen molar-refractivity contribution in [2.24, 2.45) is 0 Å². The number of fused-ring (bicyclic) bond motifs is 1. The van der Waals surface area contributed by atoms with Gasteiger partial charge in [-0.3, -0.25) is 10.1 Å². The van der Waals surface area contributed by atoms with E-state index in [0.717, 1.165) is 11.1 Å². The van der Waals surface area contributed by atoms with Gasteiger partial charge < -0.3 is 10.4 Å². The van der Waals surface area contributed by atoms with Crippen molar-refractivity contribution in [1.29, 1.82) is 0 Å². The van der Waals surface area contributed by atoms with Crippen molar-refractivity contribution < 1.29 is 9.90 Å². The molecule has 94 valence electrons. The summed E-state index contributed by atoms with van der Waals surface area (Å²) in [7, 11) is 0. The molecule has 0 spiro atoms. The summed E-state index contributed by atoms with van der Waals surface area (Å²) in [6, 6.07) is 7.44. The fourth-order valence-corrected chi connectivity index (χ4v) is 2.22. The Balaban J connectivity index is 1.97. The monoisotopic (exact) mass is 244 g/mol. The van der Waals surface area contributed by atoms with Crippen LogP contribution in [0.2, 0.25) is 0 Å². The zero-order valence-corrected chi connectivity index (χ0v) is 10.0. The van der Waals surface area contributed by atoms with Crippen LogP contribution in [0.5, 0.6) is 0 Å². The third kappa shape index (κ3) is 2.70. The zero-order valence-electron chi connectivity index (χ0n) is 10.0. The third-order valence-corrected chi connectivity index (χ3v) is 3.03. The van der Waals surface area contributed by atoms with Crippen LogP contribution < -0.4 is 10.6 Å². The van der Waals surface area contributed by atoms with Crippen LogP contribution in [0.1, 0.15) is 17.2 Å². The molecule has 0 saturated heterocycles. The largest absolute Gasteiger partial charge is 0.390 e. The van der Waals surface area contributed by atoms with Gasteiger partial charge in [0.1, 0.15) is 0 Å². The quantitative estimate of drug-likeness (QED) is 0.515. The summed E-state index contributed by atoms with van der Waals surface area (Å²) in [6.07, 6.45) is 5.11. The first-order chi connectivity index (χ1) is 8.72. The second-order valence-corrected chi connectivity index (χ2v) is 4.32. The molecule has 1 amide bonds. The third-order valence-electron chi connectivity index (χ3n) is 3.03. The zero-order chi connectivity index (χ0) is 13.0. The second-order valence-electron chi connectivity index (χ2n) is 4.32. The van der Waals surface area contributed by atoms with Gasteiger partial charge in [-0.15, -0.1) is 6.42 Å². The number of benzene rings is 1. The van der Waals surface area contributed by atoms with Crippen molar-refractivity contribution in [2.75, 3.05) is 13.1 Å². The molecule has 0 saturated carbocycles. The number of hydrogen-bond acceptors (Lipinski definition) is 3. The highest BCUT2D eigenvalue weighted by molar-refractivity contribution is 5.78. The number of rotatable bonds is 4. The molecular formula is C14H16N2O2. The fraction of sp³-hybridized carbons (Fsp3) is 0.357. The molecule has 1 aromatic carbocycles. The van der Waals surface area contributed by atoms with E-state index in [1.165, 1.54) is 0 Å². The van der Waals surface area contributed by atoms with Gasteiger partial charge in [-0.05, 0) is 11.1 Å². The minimum atomic E-state index is -0.556. The molecule has 2 rings (SSSR count). The molecule has 0 heterocycles. The Labute approximate surface area is 106 Å². The summed E-state index contributed by atoms with van der Waals surface area (Å²) in [4.78, 5) is 11.7. The van der Waals surface area contributed by atoms with E-state index in [4.69, 9.17) is 6.42 Å². The summed E-state index contributed by atoms with van der Waals surface area (Å²) in [5, 5.41) is 15.6. The van der Waals surface area contributed by atoms with Crippen LogP contribution in [0.15, 0.2) is 24.3 Å². The summed E-state index contributed by atoms with van der Waals surface area (Å²) in [6.45, 7) is 0.521. The molecule has 3 N–H and O–H groups in total. The minimum absolute atomic E-state index is 0.161. The second kappa shape index (κ2) is 5.67. The van der Waals surface area contributed by atoms with Crippen molar-refractivity contribution >= 4 is 5.91 Å². The van der Waals surface area contributed by atoms with Crippen LogP contribution in [0.25, 0.3) is 0 Å². The first kappa shape index (κ1) is 12.6. The molecule has 0 radical (unpaired) electrons. The molecule has 0 aliphatic heterocycles. The minimum Gasteiger partial charge on any atom is -0.390 e. The number of hydrogen-bond donors (Lipinski definition) is 3. The van der Waals surface area contributed by atoms with Crippen LogP contribution in [0.4, 0.5) is 0 Å². The number of carbonyl (C=O) groups excluding carboxylic acids is 1. The average Bonchev–Trinajstić information content (AvgIpc) is 2.67. The lowest BCUT2D eigenvalue weighted by molar-refractivity contribution is -0.121. The van der Waals surface area contributed by atoms with E-state index < -0.39 is 6.10 Å². The Morgan fingerprint density at radius 1 is 1.50 bits per heavy atom. The number of amides is 1. The highest BCUT2D eigenvalue weighted by atomic mass is 16.3. The number of carbonyl (C=O) groups is 1. The first-order valence-corrected chi connectivity index (χ1v) is 5.92. The van der Waals surface area contributed by atoms with Crippen LogP contribution in [0, 0.1) is 12.3 Å². The maximum Gasteiger partial charge on any atom is 0.234 e. The Bertz CT molecular complexity index is 479.